The Labute approximate surface area is 133 Å². The van der Waals surface area contributed by atoms with E-state index in [4.69, 9.17) is 9.15 Å². The summed E-state index contributed by atoms with van der Waals surface area (Å²) in [5.41, 5.74) is 1.61. The number of aromatic amines is 1. The Bertz CT molecular complexity index is 763. The van der Waals surface area contributed by atoms with Crippen molar-refractivity contribution >= 4 is 22.9 Å². The van der Waals surface area contributed by atoms with E-state index in [1.165, 1.54) is 0 Å². The molecule has 1 aliphatic heterocycles. The van der Waals surface area contributed by atoms with Crippen molar-refractivity contribution in [1.29, 1.82) is 0 Å². The summed E-state index contributed by atoms with van der Waals surface area (Å²) in [7, 11) is 0. The molecule has 1 amide bonds. The molecule has 1 saturated heterocycles. The molecule has 1 N–H and O–H groups in total. The van der Waals surface area contributed by atoms with Gasteiger partial charge in [-0.05, 0) is 32.9 Å². The molecule has 7 nitrogen and oxygen atoms in total. The predicted octanol–water partition coefficient (Wildman–Crippen LogP) is 2.18. The van der Waals surface area contributed by atoms with Crippen molar-refractivity contribution in [3.05, 3.63) is 28.7 Å². The molecule has 124 valence electrons. The summed E-state index contributed by atoms with van der Waals surface area (Å²) < 4.78 is 10.6. The Hall–Kier alpha value is -2.44. The lowest BCUT2D eigenvalue weighted by Crippen LogP contribution is -2.50. The average Bonchev–Trinajstić information content (AvgIpc) is 2.85. The van der Waals surface area contributed by atoms with Crippen LogP contribution in [-0.2, 0) is 4.74 Å². The number of piperazine rings is 1. The van der Waals surface area contributed by atoms with Gasteiger partial charge in [-0.3, -0.25) is 4.98 Å². The second kappa shape index (κ2) is 5.64. The van der Waals surface area contributed by atoms with Crippen LogP contribution in [0.5, 0.6) is 0 Å². The van der Waals surface area contributed by atoms with Gasteiger partial charge in [0.1, 0.15) is 5.60 Å². The Morgan fingerprint density at radius 3 is 2.57 bits per heavy atom. The summed E-state index contributed by atoms with van der Waals surface area (Å²) in [4.78, 5) is 30.0. The third kappa shape index (κ3) is 3.33. The number of nitrogens with one attached hydrogen (secondary N) is 1. The summed E-state index contributed by atoms with van der Waals surface area (Å²) >= 11 is 0. The summed E-state index contributed by atoms with van der Waals surface area (Å²) in [5.74, 6) is -0.458. The lowest BCUT2D eigenvalue weighted by molar-refractivity contribution is 0.0240. The van der Waals surface area contributed by atoms with E-state index in [2.05, 4.69) is 9.88 Å². The average molecular weight is 319 g/mol. The Morgan fingerprint density at radius 2 is 1.91 bits per heavy atom. The maximum Gasteiger partial charge on any atom is 0.417 e. The summed E-state index contributed by atoms with van der Waals surface area (Å²) in [6.45, 7) is 8.03. The zero-order valence-electron chi connectivity index (χ0n) is 13.6. The van der Waals surface area contributed by atoms with Crippen LogP contribution in [0.1, 0.15) is 20.8 Å². The molecule has 0 spiro atoms. The van der Waals surface area contributed by atoms with Crippen LogP contribution in [-0.4, -0.2) is 47.8 Å². The number of anilines is 1. The van der Waals surface area contributed by atoms with Gasteiger partial charge in [0.05, 0.1) is 11.2 Å². The van der Waals surface area contributed by atoms with Crippen molar-refractivity contribution in [3.63, 3.8) is 0 Å². The zero-order chi connectivity index (χ0) is 16.6. The van der Waals surface area contributed by atoms with E-state index in [0.717, 1.165) is 5.69 Å². The molecular formula is C16H21N3O4. The second-order valence-electron chi connectivity index (χ2n) is 6.62. The van der Waals surface area contributed by atoms with Gasteiger partial charge < -0.3 is 19.0 Å². The highest BCUT2D eigenvalue weighted by atomic mass is 16.6. The van der Waals surface area contributed by atoms with Crippen LogP contribution < -0.4 is 10.7 Å². The first-order valence-electron chi connectivity index (χ1n) is 7.68. The van der Waals surface area contributed by atoms with E-state index in [-0.39, 0.29) is 6.09 Å². The van der Waals surface area contributed by atoms with E-state index in [1.54, 1.807) is 11.0 Å². The van der Waals surface area contributed by atoms with Crippen LogP contribution >= 0.6 is 0 Å². The number of fused-ring (bicyclic) bond motifs is 1. The van der Waals surface area contributed by atoms with Crippen LogP contribution in [0.3, 0.4) is 0 Å². The summed E-state index contributed by atoms with van der Waals surface area (Å²) in [6.07, 6.45) is -0.288. The van der Waals surface area contributed by atoms with Gasteiger partial charge in [-0.2, -0.15) is 0 Å². The van der Waals surface area contributed by atoms with Crippen molar-refractivity contribution in [2.45, 2.75) is 26.4 Å². The molecule has 3 rings (SSSR count). The maximum absolute atomic E-state index is 12.1. The SMILES string of the molecule is CC(C)(C)OC(=O)N1CCN(c2cccc3[nH]c(=O)oc23)CC1. The molecule has 7 heteroatoms. The first-order valence-corrected chi connectivity index (χ1v) is 7.68. The highest BCUT2D eigenvalue weighted by Crippen LogP contribution is 2.26. The number of hydrogen-bond donors (Lipinski definition) is 1. The molecule has 23 heavy (non-hydrogen) atoms. The van der Waals surface area contributed by atoms with Gasteiger partial charge in [0.15, 0.2) is 5.58 Å². The van der Waals surface area contributed by atoms with E-state index in [0.29, 0.717) is 37.3 Å². The number of carbonyl (C=O) groups is 1. The second-order valence-corrected chi connectivity index (χ2v) is 6.62. The molecule has 2 aromatic rings. The van der Waals surface area contributed by atoms with Crippen molar-refractivity contribution in [2.75, 3.05) is 31.1 Å². The number of rotatable bonds is 1. The Balaban J connectivity index is 1.71. The third-order valence-electron chi connectivity index (χ3n) is 3.70. The summed E-state index contributed by atoms with van der Waals surface area (Å²) in [5, 5.41) is 0. The first kappa shape index (κ1) is 15.5. The minimum atomic E-state index is -0.492. The number of amides is 1. The molecule has 1 aliphatic rings. The zero-order valence-corrected chi connectivity index (χ0v) is 13.6. The van der Waals surface area contributed by atoms with Gasteiger partial charge in [-0.25, -0.2) is 9.59 Å². The van der Waals surface area contributed by atoms with Crippen molar-refractivity contribution < 1.29 is 13.9 Å². The molecule has 0 atom stereocenters. The number of carbonyl (C=O) groups excluding carboxylic acids is 1. The van der Waals surface area contributed by atoms with Gasteiger partial charge in [0.2, 0.25) is 0 Å². The molecule has 0 unspecified atom stereocenters. The molecule has 0 bridgehead atoms. The molecule has 1 aromatic carbocycles. The maximum atomic E-state index is 12.1. The van der Waals surface area contributed by atoms with Crippen LogP contribution in [0, 0.1) is 0 Å². The quantitative estimate of drug-likeness (QED) is 0.871. The van der Waals surface area contributed by atoms with Gasteiger partial charge in [0.25, 0.3) is 0 Å². The number of para-hydroxylation sites is 1. The number of nitrogens with zero attached hydrogens (tertiary/aromatic N) is 2. The Morgan fingerprint density at radius 1 is 1.22 bits per heavy atom. The number of benzene rings is 1. The lowest BCUT2D eigenvalue weighted by Gasteiger charge is -2.36. The van der Waals surface area contributed by atoms with Crippen molar-refractivity contribution in [2.24, 2.45) is 0 Å². The van der Waals surface area contributed by atoms with Gasteiger partial charge in [-0.15, -0.1) is 0 Å². The molecule has 1 aromatic heterocycles. The normalized spacial score (nSPS) is 16.0. The molecule has 0 saturated carbocycles. The van der Waals surface area contributed by atoms with E-state index < -0.39 is 11.4 Å². The third-order valence-corrected chi connectivity index (χ3v) is 3.70. The van der Waals surface area contributed by atoms with Crippen molar-refractivity contribution in [1.82, 2.24) is 9.88 Å². The van der Waals surface area contributed by atoms with E-state index in [9.17, 15) is 9.59 Å². The van der Waals surface area contributed by atoms with E-state index >= 15 is 0 Å². The number of oxazole rings is 1. The number of aromatic nitrogens is 1. The van der Waals surface area contributed by atoms with Gasteiger partial charge in [-0.1, -0.05) is 6.07 Å². The molecule has 0 aliphatic carbocycles. The minimum absolute atomic E-state index is 0.288. The Kier molecular flexibility index (Phi) is 3.79. The van der Waals surface area contributed by atoms with E-state index in [1.807, 2.05) is 32.9 Å². The summed E-state index contributed by atoms with van der Waals surface area (Å²) in [6, 6.07) is 5.60. The fourth-order valence-electron chi connectivity index (χ4n) is 2.66. The fraction of sp³-hybridized carbons (Fsp3) is 0.500. The van der Waals surface area contributed by atoms with Crippen LogP contribution in [0.2, 0.25) is 0 Å². The number of H-pyrrole nitrogens is 1. The first-order chi connectivity index (χ1) is 10.8. The molecule has 0 radical (unpaired) electrons. The van der Waals surface area contributed by atoms with Crippen LogP contribution in [0.25, 0.3) is 11.1 Å². The van der Waals surface area contributed by atoms with Gasteiger partial charge >= 0.3 is 11.8 Å². The standard InChI is InChI=1S/C16H21N3O4/c1-16(2,3)23-15(21)19-9-7-18(8-10-19)12-6-4-5-11-13(12)22-14(20)17-11/h4-6H,7-10H2,1-3H3,(H,17,20). The highest BCUT2D eigenvalue weighted by Gasteiger charge is 2.26. The molecular weight excluding hydrogens is 298 g/mol. The minimum Gasteiger partial charge on any atom is -0.444 e. The number of ether oxygens (including phenoxy) is 1. The molecule has 1 fully saturated rings. The predicted molar refractivity (Wildman–Crippen MR) is 86.9 cm³/mol. The highest BCUT2D eigenvalue weighted by molar-refractivity contribution is 5.86. The van der Waals surface area contributed by atoms with Gasteiger partial charge in [0, 0.05) is 26.2 Å². The smallest absolute Gasteiger partial charge is 0.417 e. The number of hydrogen-bond acceptors (Lipinski definition) is 5. The largest absolute Gasteiger partial charge is 0.444 e. The monoisotopic (exact) mass is 319 g/mol. The van der Waals surface area contributed by atoms with Crippen LogP contribution in [0.15, 0.2) is 27.4 Å². The van der Waals surface area contributed by atoms with Crippen LogP contribution in [0.4, 0.5) is 10.5 Å². The topological polar surface area (TPSA) is 78.8 Å². The lowest BCUT2D eigenvalue weighted by atomic mass is 10.2. The fourth-order valence-corrected chi connectivity index (χ4v) is 2.66. The van der Waals surface area contributed by atoms with Crippen molar-refractivity contribution in [3.8, 4) is 0 Å². The molecule has 2 heterocycles.